The van der Waals surface area contributed by atoms with Gasteiger partial charge in [0.25, 0.3) is 0 Å². The molecular formula is C48H28N4. The first kappa shape index (κ1) is 27.7. The SMILES string of the molecule is c1ccc(-c2ccc(-c3nc(-n4c5ccccc5c5c6c7ccccc7n7c8cc9ccccc9cc8c(cc54)c67)c4ccccc4n3)cc2)cc1. The Balaban J connectivity index is 1.22. The molecule has 0 radical (unpaired) electrons. The Morgan fingerprint density at radius 3 is 1.79 bits per heavy atom. The maximum absolute atomic E-state index is 5.45. The molecule has 0 saturated heterocycles. The van der Waals surface area contributed by atoms with Gasteiger partial charge in [0, 0.05) is 43.3 Å². The highest BCUT2D eigenvalue weighted by atomic mass is 15.1. The van der Waals surface area contributed by atoms with E-state index in [1.54, 1.807) is 0 Å². The van der Waals surface area contributed by atoms with E-state index in [2.05, 4.69) is 173 Å². The third-order valence-electron chi connectivity index (χ3n) is 11.0. The van der Waals surface area contributed by atoms with E-state index in [1.807, 2.05) is 6.07 Å². The van der Waals surface area contributed by atoms with Crippen molar-refractivity contribution >= 4 is 81.6 Å². The van der Waals surface area contributed by atoms with Crippen molar-refractivity contribution in [1.29, 1.82) is 0 Å². The van der Waals surface area contributed by atoms with Gasteiger partial charge >= 0.3 is 0 Å². The lowest BCUT2D eigenvalue weighted by Crippen LogP contribution is -2.02. The van der Waals surface area contributed by atoms with E-state index in [4.69, 9.17) is 9.97 Å². The molecule has 0 amide bonds. The highest BCUT2D eigenvalue weighted by Gasteiger charge is 2.25. The summed E-state index contributed by atoms with van der Waals surface area (Å²) >= 11 is 0. The molecule has 4 aromatic heterocycles. The molecule has 4 nitrogen and oxygen atoms in total. The van der Waals surface area contributed by atoms with Crippen LogP contribution < -0.4 is 0 Å². The molecule has 52 heavy (non-hydrogen) atoms. The zero-order valence-electron chi connectivity index (χ0n) is 28.0. The summed E-state index contributed by atoms with van der Waals surface area (Å²) in [5.41, 5.74) is 10.3. The molecule has 0 atom stereocenters. The Hall–Kier alpha value is -7.04. The van der Waals surface area contributed by atoms with Gasteiger partial charge in [-0.05, 0) is 64.4 Å². The number of aromatic nitrogens is 4. The fourth-order valence-corrected chi connectivity index (χ4v) is 8.73. The Bertz CT molecular complexity index is 3390. The normalized spacial score (nSPS) is 12.2. The van der Waals surface area contributed by atoms with Crippen LogP contribution in [-0.2, 0) is 0 Å². The predicted molar refractivity (Wildman–Crippen MR) is 217 cm³/mol. The molecule has 12 rings (SSSR count). The van der Waals surface area contributed by atoms with Crippen LogP contribution in [0.15, 0.2) is 170 Å². The molecule has 12 aromatic rings. The summed E-state index contributed by atoms with van der Waals surface area (Å²) in [5, 5.41) is 11.0. The van der Waals surface area contributed by atoms with E-state index in [-0.39, 0.29) is 0 Å². The van der Waals surface area contributed by atoms with E-state index < -0.39 is 0 Å². The van der Waals surface area contributed by atoms with Crippen LogP contribution >= 0.6 is 0 Å². The molecular weight excluding hydrogens is 633 g/mol. The molecule has 240 valence electrons. The van der Waals surface area contributed by atoms with Crippen molar-refractivity contribution in [2.75, 3.05) is 0 Å². The lowest BCUT2D eigenvalue weighted by Gasteiger charge is -2.13. The summed E-state index contributed by atoms with van der Waals surface area (Å²) < 4.78 is 4.88. The van der Waals surface area contributed by atoms with Gasteiger partial charge in [0.05, 0.1) is 33.1 Å². The molecule has 0 aliphatic rings. The number of hydrogen-bond donors (Lipinski definition) is 0. The number of nitrogens with zero attached hydrogens (tertiary/aromatic N) is 4. The molecule has 0 aliphatic carbocycles. The molecule has 0 fully saturated rings. The van der Waals surface area contributed by atoms with E-state index in [0.29, 0.717) is 5.82 Å². The molecule has 8 aromatic carbocycles. The van der Waals surface area contributed by atoms with Crippen LogP contribution in [0.4, 0.5) is 0 Å². The average molecular weight is 661 g/mol. The van der Waals surface area contributed by atoms with Crippen LogP contribution in [0.5, 0.6) is 0 Å². The van der Waals surface area contributed by atoms with Gasteiger partial charge in [-0.15, -0.1) is 0 Å². The molecule has 0 saturated carbocycles. The molecule has 0 bridgehead atoms. The largest absolute Gasteiger partial charge is 0.308 e. The summed E-state index contributed by atoms with van der Waals surface area (Å²) in [6, 6.07) is 61.0. The van der Waals surface area contributed by atoms with Crippen LogP contribution in [0.3, 0.4) is 0 Å². The van der Waals surface area contributed by atoms with Crippen molar-refractivity contribution in [3.8, 4) is 28.3 Å². The zero-order chi connectivity index (χ0) is 33.9. The average Bonchev–Trinajstić information content (AvgIpc) is 3.84. The molecule has 0 unspecified atom stereocenters. The van der Waals surface area contributed by atoms with Gasteiger partial charge in [0.2, 0.25) is 0 Å². The molecule has 4 heterocycles. The number of rotatable bonds is 3. The highest BCUT2D eigenvalue weighted by Crippen LogP contribution is 2.47. The van der Waals surface area contributed by atoms with Crippen molar-refractivity contribution < 1.29 is 0 Å². The fraction of sp³-hybridized carbons (Fsp3) is 0. The number of benzene rings is 8. The second kappa shape index (κ2) is 10.3. The minimum atomic E-state index is 0.707. The van der Waals surface area contributed by atoms with Gasteiger partial charge in [0.1, 0.15) is 5.82 Å². The maximum atomic E-state index is 5.45. The maximum Gasteiger partial charge on any atom is 0.162 e. The van der Waals surface area contributed by atoms with Crippen molar-refractivity contribution in [2.24, 2.45) is 0 Å². The summed E-state index contributed by atoms with van der Waals surface area (Å²) in [7, 11) is 0. The van der Waals surface area contributed by atoms with Crippen LogP contribution in [0, 0.1) is 0 Å². The van der Waals surface area contributed by atoms with Gasteiger partial charge in [-0.25, -0.2) is 9.97 Å². The monoisotopic (exact) mass is 660 g/mol. The summed E-state index contributed by atoms with van der Waals surface area (Å²) in [6.07, 6.45) is 0. The third kappa shape index (κ3) is 3.70. The first-order valence-corrected chi connectivity index (χ1v) is 17.8. The van der Waals surface area contributed by atoms with Crippen molar-refractivity contribution in [3.63, 3.8) is 0 Å². The number of hydrogen-bond acceptors (Lipinski definition) is 2. The van der Waals surface area contributed by atoms with Crippen LogP contribution in [0.25, 0.3) is 110 Å². The Morgan fingerprint density at radius 2 is 0.981 bits per heavy atom. The molecule has 0 spiro atoms. The third-order valence-corrected chi connectivity index (χ3v) is 11.0. The van der Waals surface area contributed by atoms with E-state index >= 15 is 0 Å². The summed E-state index contributed by atoms with van der Waals surface area (Å²) in [4.78, 5) is 10.6. The second-order valence-electron chi connectivity index (χ2n) is 13.8. The lowest BCUT2D eigenvalue weighted by molar-refractivity contribution is 1.08. The van der Waals surface area contributed by atoms with E-state index in [1.165, 1.54) is 70.8 Å². The first-order chi connectivity index (χ1) is 25.8. The van der Waals surface area contributed by atoms with Crippen molar-refractivity contribution in [2.45, 2.75) is 0 Å². The van der Waals surface area contributed by atoms with Gasteiger partial charge in [-0.2, -0.15) is 0 Å². The lowest BCUT2D eigenvalue weighted by atomic mass is 10.0. The van der Waals surface area contributed by atoms with E-state index in [0.717, 1.165) is 33.3 Å². The minimum Gasteiger partial charge on any atom is -0.308 e. The topological polar surface area (TPSA) is 35.1 Å². The standard InChI is InChI=1S/C48H28N4/c1-2-12-29(13-3-1)30-22-24-31(25-23-30)47-49-39-19-9-6-16-34(39)48(50-47)52-41-21-11-7-17-35(41)44-43(52)28-38-37-26-32-14-4-5-15-33(32)27-42(37)51-40-20-10-8-18-36(40)45(44)46(38)51/h1-28H. The van der Waals surface area contributed by atoms with Crippen molar-refractivity contribution in [3.05, 3.63) is 170 Å². The van der Waals surface area contributed by atoms with Crippen LogP contribution in [-0.4, -0.2) is 18.9 Å². The summed E-state index contributed by atoms with van der Waals surface area (Å²) in [5.74, 6) is 1.59. The van der Waals surface area contributed by atoms with E-state index in [9.17, 15) is 0 Å². The predicted octanol–water partition coefficient (Wildman–Crippen LogP) is 12.4. The Kier molecular flexibility index (Phi) is 5.47. The van der Waals surface area contributed by atoms with Gasteiger partial charge in [0.15, 0.2) is 5.82 Å². The Labute approximate surface area is 297 Å². The highest BCUT2D eigenvalue weighted by molar-refractivity contribution is 6.36. The van der Waals surface area contributed by atoms with Gasteiger partial charge in [-0.3, -0.25) is 4.57 Å². The smallest absolute Gasteiger partial charge is 0.162 e. The van der Waals surface area contributed by atoms with Crippen molar-refractivity contribution in [1.82, 2.24) is 18.9 Å². The summed E-state index contributed by atoms with van der Waals surface area (Å²) in [6.45, 7) is 0. The van der Waals surface area contributed by atoms with Gasteiger partial charge < -0.3 is 4.40 Å². The fourth-order valence-electron chi connectivity index (χ4n) is 8.73. The van der Waals surface area contributed by atoms with Crippen LogP contribution in [0.2, 0.25) is 0 Å². The van der Waals surface area contributed by atoms with Gasteiger partial charge in [-0.1, -0.05) is 127 Å². The Morgan fingerprint density at radius 1 is 0.365 bits per heavy atom. The molecule has 0 N–H and O–H groups in total. The molecule has 0 aliphatic heterocycles. The minimum absolute atomic E-state index is 0.707. The quantitative estimate of drug-likeness (QED) is 0.189. The van der Waals surface area contributed by atoms with Crippen LogP contribution in [0.1, 0.15) is 0 Å². The first-order valence-electron chi connectivity index (χ1n) is 17.8. The number of fused-ring (bicyclic) bond motifs is 12. The second-order valence-corrected chi connectivity index (χ2v) is 13.8. The number of para-hydroxylation sites is 3. The molecule has 4 heteroatoms. The zero-order valence-corrected chi connectivity index (χ0v) is 28.0.